The van der Waals surface area contributed by atoms with Crippen molar-refractivity contribution in [3.63, 3.8) is 0 Å². The average molecular weight is 373 g/mol. The molecule has 0 saturated heterocycles. The second-order valence-corrected chi connectivity index (χ2v) is 7.88. The van der Waals surface area contributed by atoms with Crippen LogP contribution in [0.4, 0.5) is 0 Å². The van der Waals surface area contributed by atoms with E-state index in [4.69, 9.17) is 4.18 Å². The van der Waals surface area contributed by atoms with E-state index in [-0.39, 0.29) is 11.3 Å². The Morgan fingerprint density at radius 1 is 1.36 bits per heavy atom. The van der Waals surface area contributed by atoms with E-state index in [1.54, 1.807) is 42.8 Å². The van der Waals surface area contributed by atoms with Gasteiger partial charge in [-0.3, -0.25) is 4.79 Å². The monoisotopic (exact) mass is 373 g/mol. The first kappa shape index (κ1) is 16.2. The quantitative estimate of drug-likeness (QED) is 0.556. The molecule has 0 aliphatic carbocycles. The van der Waals surface area contributed by atoms with Gasteiger partial charge in [-0.15, -0.1) is 11.3 Å². The molecule has 0 atom stereocenters. The zero-order valence-corrected chi connectivity index (χ0v) is 15.2. The van der Waals surface area contributed by atoms with Crippen LogP contribution < -0.4 is 5.56 Å². The molecule has 4 aromatic rings. The number of aromatic nitrogens is 3. The van der Waals surface area contributed by atoms with Crippen molar-refractivity contribution in [1.82, 2.24) is 14.3 Å². The number of rotatable bonds is 4. The summed E-state index contributed by atoms with van der Waals surface area (Å²) in [7, 11) is 3.52. The summed E-state index contributed by atoms with van der Waals surface area (Å²) in [4.78, 5) is 12.9. The van der Waals surface area contributed by atoms with Crippen LogP contribution >= 0.6 is 23.4 Å². The lowest BCUT2D eigenvalue weighted by molar-refractivity contribution is 0.474. The molecule has 128 valence electrons. The number of phenolic OH excluding ortho intramolecular Hbond substituents is 1. The average Bonchev–Trinajstić information content (AvgIpc) is 3.10. The fraction of sp³-hybridized carbons (Fsp3) is 0.176. The van der Waals surface area contributed by atoms with Crippen LogP contribution in [0.3, 0.4) is 0 Å². The minimum absolute atomic E-state index is 0.146. The molecule has 3 aromatic heterocycles. The van der Waals surface area contributed by atoms with Gasteiger partial charge >= 0.3 is 0 Å². The first-order valence-corrected chi connectivity index (χ1v) is 9.11. The van der Waals surface area contributed by atoms with Crippen LogP contribution in [0.2, 0.25) is 0 Å². The molecular weight excluding hydrogens is 358 g/mol. The lowest BCUT2D eigenvalue weighted by atomic mass is 10.2. The van der Waals surface area contributed by atoms with Gasteiger partial charge in [0.15, 0.2) is 0 Å². The molecule has 25 heavy (non-hydrogen) atoms. The van der Waals surface area contributed by atoms with Gasteiger partial charge in [-0.25, -0.2) is 4.68 Å². The summed E-state index contributed by atoms with van der Waals surface area (Å²) in [5.74, 6) is 0.175. The predicted octanol–water partition coefficient (Wildman–Crippen LogP) is 3.36. The number of hydrogen-bond donors (Lipinski definition) is 1. The number of nitrogens with zero attached hydrogens (tertiary/aromatic N) is 3. The third-order valence-electron chi connectivity index (χ3n) is 4.06. The van der Waals surface area contributed by atoms with E-state index in [9.17, 15) is 9.90 Å². The highest BCUT2D eigenvalue weighted by Gasteiger charge is 2.17. The Morgan fingerprint density at radius 3 is 2.96 bits per heavy atom. The molecule has 1 N–H and O–H groups in total. The van der Waals surface area contributed by atoms with Crippen molar-refractivity contribution in [3.8, 4) is 5.75 Å². The van der Waals surface area contributed by atoms with Crippen molar-refractivity contribution < 1.29 is 9.29 Å². The highest BCUT2D eigenvalue weighted by atomic mass is 32.2. The molecule has 4 rings (SSSR count). The van der Waals surface area contributed by atoms with Crippen LogP contribution in [0.15, 0.2) is 45.5 Å². The van der Waals surface area contributed by atoms with E-state index in [2.05, 4.69) is 5.10 Å². The third kappa shape index (κ3) is 2.72. The molecule has 8 heteroatoms. The molecule has 0 bridgehead atoms. The summed E-state index contributed by atoms with van der Waals surface area (Å²) in [6.45, 7) is 0.312. The molecule has 3 heterocycles. The maximum absolute atomic E-state index is 12.9. The Kier molecular flexibility index (Phi) is 4.03. The molecule has 0 aliphatic heterocycles. The topological polar surface area (TPSA) is 69.3 Å². The smallest absolute Gasteiger partial charge is 0.291 e. The molecule has 0 fully saturated rings. The lowest BCUT2D eigenvalue weighted by Gasteiger charge is -2.06. The van der Waals surface area contributed by atoms with E-state index < -0.39 is 0 Å². The Labute approximate surface area is 151 Å². The third-order valence-corrected chi connectivity index (χ3v) is 5.91. The zero-order valence-electron chi connectivity index (χ0n) is 13.6. The van der Waals surface area contributed by atoms with Gasteiger partial charge in [0.2, 0.25) is 0 Å². The Morgan fingerprint density at radius 2 is 2.20 bits per heavy atom. The van der Waals surface area contributed by atoms with Crippen LogP contribution in [0.5, 0.6) is 5.75 Å². The highest BCUT2D eigenvalue weighted by Crippen LogP contribution is 2.37. The fourth-order valence-corrected chi connectivity index (χ4v) is 4.80. The number of aromatic hydroxyl groups is 1. The van der Waals surface area contributed by atoms with Crippen molar-refractivity contribution in [3.05, 3.63) is 52.4 Å². The molecule has 0 saturated carbocycles. The molecule has 0 spiro atoms. The molecular formula is C17H15N3O3S2. The number of aryl methyl sites for hydroxylation is 1. The van der Waals surface area contributed by atoms with Gasteiger partial charge in [0.25, 0.3) is 5.56 Å². The molecule has 1 aromatic carbocycles. The molecule has 0 amide bonds. The largest absolute Gasteiger partial charge is 0.508 e. The maximum atomic E-state index is 12.9. The Bertz CT molecular complexity index is 1140. The van der Waals surface area contributed by atoms with Crippen LogP contribution in [-0.4, -0.2) is 26.6 Å². The van der Waals surface area contributed by atoms with Gasteiger partial charge in [-0.2, -0.15) is 5.10 Å². The van der Waals surface area contributed by atoms with Crippen molar-refractivity contribution in [2.75, 3.05) is 7.11 Å². The molecule has 0 aliphatic rings. The minimum atomic E-state index is -0.146. The van der Waals surface area contributed by atoms with Crippen molar-refractivity contribution in [2.24, 2.45) is 7.05 Å². The van der Waals surface area contributed by atoms with Crippen LogP contribution in [0.25, 0.3) is 21.1 Å². The summed E-state index contributed by atoms with van der Waals surface area (Å²) in [5.41, 5.74) is 2.30. The van der Waals surface area contributed by atoms with E-state index in [1.165, 1.54) is 16.7 Å². The highest BCUT2D eigenvalue weighted by molar-refractivity contribution is 7.96. The van der Waals surface area contributed by atoms with Gasteiger partial charge in [0.05, 0.1) is 34.3 Å². The second-order valence-electron chi connectivity index (χ2n) is 5.63. The SMILES string of the molecule is COSc1cc2c(s1)c1cnn(Cc3cccc(O)c3)c(=O)c1n2C. The Hall–Kier alpha value is -2.29. The van der Waals surface area contributed by atoms with Crippen LogP contribution in [0, 0.1) is 0 Å². The lowest BCUT2D eigenvalue weighted by Crippen LogP contribution is -2.24. The van der Waals surface area contributed by atoms with E-state index in [0.717, 1.165) is 25.4 Å². The minimum Gasteiger partial charge on any atom is -0.508 e. The van der Waals surface area contributed by atoms with Gasteiger partial charge in [-0.1, -0.05) is 12.1 Å². The normalized spacial score (nSPS) is 11.6. The summed E-state index contributed by atoms with van der Waals surface area (Å²) < 4.78 is 10.5. The number of hydrogen-bond acceptors (Lipinski definition) is 6. The van der Waals surface area contributed by atoms with Gasteiger partial charge in [-0.05, 0) is 23.8 Å². The van der Waals surface area contributed by atoms with Gasteiger partial charge in [0.1, 0.15) is 11.3 Å². The number of thiophene rings is 1. The van der Waals surface area contributed by atoms with E-state index >= 15 is 0 Å². The summed E-state index contributed by atoms with van der Waals surface area (Å²) in [5, 5.41) is 14.8. The summed E-state index contributed by atoms with van der Waals surface area (Å²) >= 11 is 2.90. The van der Waals surface area contributed by atoms with Crippen molar-refractivity contribution in [2.45, 2.75) is 10.8 Å². The fourth-order valence-electron chi connectivity index (χ4n) is 2.95. The van der Waals surface area contributed by atoms with E-state index in [1.807, 2.05) is 23.7 Å². The zero-order chi connectivity index (χ0) is 17.6. The summed E-state index contributed by atoms with van der Waals surface area (Å²) in [6.07, 6.45) is 1.74. The van der Waals surface area contributed by atoms with Gasteiger partial charge < -0.3 is 13.9 Å². The summed E-state index contributed by atoms with van der Waals surface area (Å²) in [6, 6.07) is 8.87. The number of phenols is 1. The molecule has 0 unspecified atom stereocenters. The van der Waals surface area contributed by atoms with Crippen LogP contribution in [-0.2, 0) is 17.8 Å². The number of benzene rings is 1. The van der Waals surface area contributed by atoms with E-state index in [0.29, 0.717) is 12.1 Å². The number of fused-ring (bicyclic) bond motifs is 3. The standard InChI is InChI=1S/C17H15N3O3S2/c1-19-13-7-14(25-23-2)24-16(13)12-8-18-20(17(22)15(12)19)9-10-4-3-5-11(21)6-10/h3-8,21H,9H2,1-2H3. The first-order valence-electron chi connectivity index (χ1n) is 7.55. The second kappa shape index (κ2) is 6.21. The maximum Gasteiger partial charge on any atom is 0.291 e. The molecule has 0 radical (unpaired) electrons. The predicted molar refractivity (Wildman–Crippen MR) is 100 cm³/mol. The Balaban J connectivity index is 1.85. The van der Waals surface area contributed by atoms with Crippen molar-refractivity contribution in [1.29, 1.82) is 0 Å². The first-order chi connectivity index (χ1) is 12.1. The van der Waals surface area contributed by atoms with Crippen molar-refractivity contribution >= 4 is 44.5 Å². The van der Waals surface area contributed by atoms with Gasteiger partial charge in [0, 0.05) is 24.5 Å². The van der Waals surface area contributed by atoms with Crippen LogP contribution in [0.1, 0.15) is 5.56 Å². The molecule has 6 nitrogen and oxygen atoms in total.